The minimum atomic E-state index is -0.829. The topological polar surface area (TPSA) is 69.7 Å². The van der Waals surface area contributed by atoms with Gasteiger partial charge in [-0.15, -0.1) is 0 Å². The van der Waals surface area contributed by atoms with Crippen molar-refractivity contribution in [3.63, 3.8) is 0 Å². The third-order valence-electron chi connectivity index (χ3n) is 4.05. The molecule has 25 heavy (non-hydrogen) atoms. The Labute approximate surface area is 151 Å². The molecule has 0 radical (unpaired) electrons. The number of ether oxygens (including phenoxy) is 3. The van der Waals surface area contributed by atoms with Crippen LogP contribution < -0.4 is 10.1 Å². The SMILES string of the molecule is CCCCC[C@@](C)(OCC)C(=O)Nc1ccc(OCCOC)nc1C. The fourth-order valence-electron chi connectivity index (χ4n) is 2.52. The molecule has 0 unspecified atom stereocenters. The summed E-state index contributed by atoms with van der Waals surface area (Å²) in [5.74, 6) is 0.381. The highest BCUT2D eigenvalue weighted by Gasteiger charge is 2.33. The predicted molar refractivity (Wildman–Crippen MR) is 99.1 cm³/mol. The molecule has 6 nitrogen and oxygen atoms in total. The van der Waals surface area contributed by atoms with Crippen LogP contribution in [-0.2, 0) is 14.3 Å². The standard InChI is InChI=1S/C19H32N2O4/c1-6-8-9-12-19(4,25-7-2)18(22)21-16-10-11-17(20-15(16)3)24-14-13-23-5/h10-11H,6-9,12-14H2,1-5H3,(H,21,22)/t19-/m1/s1. The molecule has 1 heterocycles. The Morgan fingerprint density at radius 1 is 1.24 bits per heavy atom. The van der Waals surface area contributed by atoms with Crippen molar-refractivity contribution in [3.8, 4) is 5.88 Å². The van der Waals surface area contributed by atoms with Gasteiger partial charge in [0.1, 0.15) is 12.2 Å². The number of nitrogens with one attached hydrogen (secondary N) is 1. The first kappa shape index (κ1) is 21.4. The number of methoxy groups -OCH3 is 1. The Bertz CT molecular complexity index is 536. The number of aromatic nitrogens is 1. The Hall–Kier alpha value is -1.66. The van der Waals surface area contributed by atoms with E-state index in [1.165, 1.54) is 0 Å². The number of unbranched alkanes of at least 4 members (excludes halogenated alkanes) is 2. The van der Waals surface area contributed by atoms with Crippen molar-refractivity contribution in [1.82, 2.24) is 4.98 Å². The van der Waals surface area contributed by atoms with E-state index in [0.717, 1.165) is 19.3 Å². The Kier molecular flexibility index (Phi) is 9.45. The third-order valence-corrected chi connectivity index (χ3v) is 4.05. The van der Waals surface area contributed by atoms with E-state index in [4.69, 9.17) is 14.2 Å². The minimum absolute atomic E-state index is 0.136. The van der Waals surface area contributed by atoms with Crippen LogP contribution in [0, 0.1) is 6.92 Å². The van der Waals surface area contributed by atoms with Gasteiger partial charge in [0.15, 0.2) is 0 Å². The summed E-state index contributed by atoms with van der Waals surface area (Å²) in [7, 11) is 1.62. The highest BCUT2D eigenvalue weighted by atomic mass is 16.5. The van der Waals surface area contributed by atoms with E-state index in [1.807, 2.05) is 20.8 Å². The molecule has 1 rings (SSSR count). The van der Waals surface area contributed by atoms with Gasteiger partial charge in [-0.2, -0.15) is 0 Å². The number of hydrogen-bond donors (Lipinski definition) is 1. The molecule has 1 N–H and O–H groups in total. The molecular formula is C19H32N2O4. The molecule has 142 valence electrons. The lowest BCUT2D eigenvalue weighted by Gasteiger charge is -2.28. The normalized spacial score (nSPS) is 13.3. The van der Waals surface area contributed by atoms with E-state index in [-0.39, 0.29) is 5.91 Å². The number of pyridine rings is 1. The average Bonchev–Trinajstić information content (AvgIpc) is 2.58. The average molecular weight is 352 g/mol. The third kappa shape index (κ3) is 7.00. The molecule has 0 aliphatic rings. The van der Waals surface area contributed by atoms with Crippen molar-refractivity contribution in [3.05, 3.63) is 17.8 Å². The van der Waals surface area contributed by atoms with E-state index < -0.39 is 5.60 Å². The maximum Gasteiger partial charge on any atom is 0.256 e. The highest BCUT2D eigenvalue weighted by molar-refractivity contribution is 5.97. The van der Waals surface area contributed by atoms with Gasteiger partial charge in [-0.1, -0.05) is 26.2 Å². The Morgan fingerprint density at radius 2 is 2.00 bits per heavy atom. The van der Waals surface area contributed by atoms with Crippen LogP contribution >= 0.6 is 0 Å². The minimum Gasteiger partial charge on any atom is -0.475 e. The largest absolute Gasteiger partial charge is 0.475 e. The molecular weight excluding hydrogens is 320 g/mol. The maximum atomic E-state index is 12.8. The van der Waals surface area contributed by atoms with Gasteiger partial charge in [0.05, 0.1) is 18.0 Å². The summed E-state index contributed by atoms with van der Waals surface area (Å²) in [4.78, 5) is 17.1. The Balaban J connectivity index is 2.75. The van der Waals surface area contributed by atoms with E-state index in [1.54, 1.807) is 19.2 Å². The van der Waals surface area contributed by atoms with Gasteiger partial charge in [0.2, 0.25) is 5.88 Å². The van der Waals surface area contributed by atoms with Crippen molar-refractivity contribution >= 4 is 11.6 Å². The van der Waals surface area contributed by atoms with Gasteiger partial charge in [-0.3, -0.25) is 4.79 Å². The second-order valence-corrected chi connectivity index (χ2v) is 6.20. The molecule has 1 amide bonds. The molecule has 1 atom stereocenters. The van der Waals surface area contributed by atoms with E-state index in [0.29, 0.717) is 43.5 Å². The lowest BCUT2D eigenvalue weighted by molar-refractivity contribution is -0.139. The zero-order valence-corrected chi connectivity index (χ0v) is 16.2. The summed E-state index contributed by atoms with van der Waals surface area (Å²) < 4.78 is 16.2. The van der Waals surface area contributed by atoms with Crippen molar-refractivity contribution in [2.24, 2.45) is 0 Å². The number of aryl methyl sites for hydroxylation is 1. The molecule has 6 heteroatoms. The van der Waals surface area contributed by atoms with E-state index >= 15 is 0 Å². The molecule has 1 aromatic rings. The summed E-state index contributed by atoms with van der Waals surface area (Å²) in [6.07, 6.45) is 3.86. The van der Waals surface area contributed by atoms with Gasteiger partial charge < -0.3 is 19.5 Å². The number of hydrogen-bond acceptors (Lipinski definition) is 5. The smallest absolute Gasteiger partial charge is 0.256 e. The monoisotopic (exact) mass is 352 g/mol. The second-order valence-electron chi connectivity index (χ2n) is 6.20. The van der Waals surface area contributed by atoms with Crippen molar-refractivity contribution in [2.45, 2.75) is 59.0 Å². The Morgan fingerprint density at radius 3 is 2.60 bits per heavy atom. The molecule has 0 saturated heterocycles. The quantitative estimate of drug-likeness (QED) is 0.581. The van der Waals surface area contributed by atoms with Crippen LogP contribution in [-0.4, -0.2) is 43.4 Å². The first-order valence-electron chi connectivity index (χ1n) is 9.01. The molecule has 0 spiro atoms. The molecule has 0 aromatic carbocycles. The summed E-state index contributed by atoms with van der Waals surface area (Å²) in [5.41, 5.74) is 0.547. The molecule has 0 fully saturated rings. The predicted octanol–water partition coefficient (Wildman–Crippen LogP) is 3.73. The summed E-state index contributed by atoms with van der Waals surface area (Å²) in [6, 6.07) is 3.55. The number of nitrogens with zero attached hydrogens (tertiary/aromatic N) is 1. The zero-order valence-electron chi connectivity index (χ0n) is 16.2. The van der Waals surface area contributed by atoms with Gasteiger partial charge in [-0.05, 0) is 33.3 Å². The van der Waals surface area contributed by atoms with Gasteiger partial charge >= 0.3 is 0 Å². The summed E-state index contributed by atoms with van der Waals surface area (Å²) in [6.45, 7) is 9.19. The fourth-order valence-corrected chi connectivity index (χ4v) is 2.52. The van der Waals surface area contributed by atoms with E-state index in [2.05, 4.69) is 17.2 Å². The summed E-state index contributed by atoms with van der Waals surface area (Å²) in [5, 5.41) is 2.95. The molecule has 0 saturated carbocycles. The van der Waals surface area contributed by atoms with Gasteiger partial charge in [-0.25, -0.2) is 4.98 Å². The van der Waals surface area contributed by atoms with Gasteiger partial charge in [0.25, 0.3) is 5.91 Å². The van der Waals surface area contributed by atoms with Crippen LogP contribution in [0.15, 0.2) is 12.1 Å². The first-order chi connectivity index (χ1) is 12.0. The van der Waals surface area contributed by atoms with Crippen LogP contribution in [0.25, 0.3) is 0 Å². The second kappa shape index (κ2) is 11.1. The lowest BCUT2D eigenvalue weighted by atomic mass is 9.96. The van der Waals surface area contributed by atoms with E-state index in [9.17, 15) is 4.79 Å². The fraction of sp³-hybridized carbons (Fsp3) is 0.684. The van der Waals surface area contributed by atoms with Crippen LogP contribution in [0.4, 0.5) is 5.69 Å². The maximum absolute atomic E-state index is 12.8. The number of amides is 1. The lowest BCUT2D eigenvalue weighted by Crippen LogP contribution is -2.43. The van der Waals surface area contributed by atoms with Crippen LogP contribution in [0.3, 0.4) is 0 Å². The number of rotatable bonds is 12. The number of carbonyl (C=O) groups is 1. The summed E-state index contributed by atoms with van der Waals surface area (Å²) >= 11 is 0. The zero-order chi connectivity index (χ0) is 18.7. The molecule has 0 aliphatic heterocycles. The highest BCUT2D eigenvalue weighted by Crippen LogP contribution is 2.24. The number of carbonyl (C=O) groups excluding carboxylic acids is 1. The van der Waals surface area contributed by atoms with Crippen LogP contribution in [0.5, 0.6) is 5.88 Å². The van der Waals surface area contributed by atoms with Crippen molar-refractivity contribution in [1.29, 1.82) is 0 Å². The van der Waals surface area contributed by atoms with Crippen LogP contribution in [0.1, 0.15) is 52.1 Å². The van der Waals surface area contributed by atoms with Crippen molar-refractivity contribution < 1.29 is 19.0 Å². The molecule has 0 aliphatic carbocycles. The van der Waals surface area contributed by atoms with Crippen LogP contribution in [0.2, 0.25) is 0 Å². The number of anilines is 1. The first-order valence-corrected chi connectivity index (χ1v) is 9.01. The molecule has 0 bridgehead atoms. The molecule has 1 aromatic heterocycles. The van der Waals surface area contributed by atoms with Gasteiger partial charge in [0, 0.05) is 19.8 Å². The van der Waals surface area contributed by atoms with Crippen molar-refractivity contribution in [2.75, 3.05) is 32.2 Å².